The van der Waals surface area contributed by atoms with Crippen molar-refractivity contribution in [2.24, 2.45) is 0 Å². The summed E-state index contributed by atoms with van der Waals surface area (Å²) < 4.78 is 19.4. The molecule has 5 rings (SSSR count). The maximum atomic E-state index is 13.2. The highest BCUT2D eigenvalue weighted by atomic mass is 32.1. The number of fused-ring (bicyclic) bond motifs is 2. The van der Waals surface area contributed by atoms with Gasteiger partial charge in [-0.05, 0) is 49.1 Å². The number of rotatable bonds is 5. The van der Waals surface area contributed by atoms with E-state index >= 15 is 0 Å². The van der Waals surface area contributed by atoms with E-state index in [1.54, 1.807) is 32.7 Å². The standard InChI is InChI=1S/C24H23N3O4S/c1-13-22-17(27(26-13)24-25-16-7-5-6-8-21(16)32-24)9-14(10-18(22)28)15-11-19(29-2)23(31-4)20(12-15)30-3/h5-8,11-12,14H,9-10H2,1-4H3/t14-/m0/s1. The number of hydrogen-bond donors (Lipinski definition) is 0. The number of carbonyl (C=O) groups excluding carboxylic acids is 1. The van der Waals surface area contributed by atoms with Gasteiger partial charge in [-0.3, -0.25) is 4.79 Å². The van der Waals surface area contributed by atoms with E-state index in [0.29, 0.717) is 35.7 Å². The zero-order chi connectivity index (χ0) is 22.4. The van der Waals surface area contributed by atoms with Gasteiger partial charge in [0.2, 0.25) is 10.9 Å². The Labute approximate surface area is 189 Å². The van der Waals surface area contributed by atoms with Crippen molar-refractivity contribution in [2.75, 3.05) is 21.3 Å². The van der Waals surface area contributed by atoms with Gasteiger partial charge in [0, 0.05) is 6.42 Å². The van der Waals surface area contributed by atoms with E-state index in [2.05, 4.69) is 0 Å². The van der Waals surface area contributed by atoms with Crippen LogP contribution in [0.2, 0.25) is 0 Å². The SMILES string of the molecule is COc1cc([C@@H]2CC(=O)c3c(C)nn(-c4nc5ccccc5s4)c3C2)cc(OC)c1OC. The number of carbonyl (C=O) groups is 1. The number of aromatic nitrogens is 3. The number of benzene rings is 2. The lowest BCUT2D eigenvalue weighted by Gasteiger charge is -2.24. The Morgan fingerprint density at radius 1 is 1.03 bits per heavy atom. The maximum absolute atomic E-state index is 13.2. The molecule has 0 saturated heterocycles. The first kappa shape index (κ1) is 20.5. The Bertz CT molecular complexity index is 1280. The fourth-order valence-corrected chi connectivity index (χ4v) is 5.38. The number of ketones is 1. The minimum atomic E-state index is -0.0343. The monoisotopic (exact) mass is 449 g/mol. The molecule has 0 saturated carbocycles. The van der Waals surface area contributed by atoms with Crippen LogP contribution in [0.1, 0.15) is 39.6 Å². The summed E-state index contributed by atoms with van der Waals surface area (Å²) in [6.45, 7) is 1.89. The van der Waals surface area contributed by atoms with Gasteiger partial charge in [-0.15, -0.1) is 0 Å². The second-order valence-electron chi connectivity index (χ2n) is 7.77. The van der Waals surface area contributed by atoms with Crippen LogP contribution in [0.5, 0.6) is 17.2 Å². The molecule has 1 aliphatic carbocycles. The molecule has 0 N–H and O–H groups in total. The predicted molar refractivity (Wildman–Crippen MR) is 123 cm³/mol. The number of Topliss-reactive ketones (excluding diaryl/α,β-unsaturated/α-hetero) is 1. The van der Waals surface area contributed by atoms with Gasteiger partial charge in [0.1, 0.15) is 0 Å². The van der Waals surface area contributed by atoms with Crippen molar-refractivity contribution in [1.29, 1.82) is 0 Å². The Morgan fingerprint density at radius 3 is 2.41 bits per heavy atom. The van der Waals surface area contributed by atoms with Gasteiger partial charge in [0.05, 0.1) is 48.5 Å². The Balaban J connectivity index is 1.60. The molecule has 2 heterocycles. The first-order chi connectivity index (χ1) is 15.5. The predicted octanol–water partition coefficient (Wildman–Crippen LogP) is 4.73. The molecule has 0 fully saturated rings. The first-order valence-corrected chi connectivity index (χ1v) is 11.1. The summed E-state index contributed by atoms with van der Waals surface area (Å²) in [5, 5.41) is 5.48. The molecule has 0 unspecified atom stereocenters. The third-order valence-corrected chi connectivity index (χ3v) is 6.94. The molecule has 1 aliphatic rings. The zero-order valence-electron chi connectivity index (χ0n) is 18.3. The molecule has 32 heavy (non-hydrogen) atoms. The molecular weight excluding hydrogens is 426 g/mol. The summed E-state index contributed by atoms with van der Waals surface area (Å²) in [6.07, 6.45) is 1.06. The highest BCUT2D eigenvalue weighted by Crippen LogP contribution is 2.43. The zero-order valence-corrected chi connectivity index (χ0v) is 19.2. The molecule has 8 heteroatoms. The Kier molecular flexibility index (Phi) is 5.09. The van der Waals surface area contributed by atoms with Crippen molar-refractivity contribution >= 4 is 27.3 Å². The van der Waals surface area contributed by atoms with E-state index in [4.69, 9.17) is 24.3 Å². The lowest BCUT2D eigenvalue weighted by Crippen LogP contribution is -2.20. The van der Waals surface area contributed by atoms with Crippen molar-refractivity contribution in [3.05, 3.63) is 58.9 Å². The molecule has 0 spiro atoms. The van der Waals surface area contributed by atoms with E-state index < -0.39 is 0 Å². The third kappa shape index (κ3) is 3.22. The maximum Gasteiger partial charge on any atom is 0.211 e. The summed E-state index contributed by atoms with van der Waals surface area (Å²) in [4.78, 5) is 17.9. The molecule has 1 atom stereocenters. The van der Waals surface area contributed by atoms with Crippen molar-refractivity contribution in [3.63, 3.8) is 0 Å². The molecular formula is C24H23N3O4S. The van der Waals surface area contributed by atoms with Gasteiger partial charge in [-0.2, -0.15) is 5.10 Å². The van der Waals surface area contributed by atoms with Crippen LogP contribution in [-0.2, 0) is 6.42 Å². The van der Waals surface area contributed by atoms with E-state index in [0.717, 1.165) is 32.3 Å². The number of ether oxygens (including phenoxy) is 3. The fraction of sp³-hybridized carbons (Fsp3) is 0.292. The smallest absolute Gasteiger partial charge is 0.211 e. The largest absolute Gasteiger partial charge is 0.493 e. The van der Waals surface area contributed by atoms with E-state index in [-0.39, 0.29) is 11.7 Å². The van der Waals surface area contributed by atoms with Crippen LogP contribution in [0.15, 0.2) is 36.4 Å². The number of methoxy groups -OCH3 is 3. The average Bonchev–Trinajstić information content (AvgIpc) is 3.39. The third-order valence-electron chi connectivity index (χ3n) is 5.93. The molecule has 2 aromatic carbocycles. The van der Waals surface area contributed by atoms with Gasteiger partial charge in [-0.1, -0.05) is 23.5 Å². The summed E-state index contributed by atoms with van der Waals surface area (Å²) in [6, 6.07) is 11.9. The molecule has 0 bridgehead atoms. The highest BCUT2D eigenvalue weighted by molar-refractivity contribution is 7.20. The average molecular weight is 450 g/mol. The summed E-state index contributed by atoms with van der Waals surface area (Å²) >= 11 is 1.57. The Hall–Kier alpha value is -3.39. The minimum absolute atomic E-state index is 0.0343. The molecule has 0 amide bonds. The van der Waals surface area contributed by atoms with Crippen LogP contribution in [0.25, 0.3) is 15.3 Å². The summed E-state index contributed by atoms with van der Waals surface area (Å²) in [5.41, 5.74) is 4.25. The van der Waals surface area contributed by atoms with Crippen molar-refractivity contribution in [3.8, 4) is 22.4 Å². The summed E-state index contributed by atoms with van der Waals surface area (Å²) in [5.74, 6) is 1.76. The number of hydrogen-bond acceptors (Lipinski definition) is 7. The van der Waals surface area contributed by atoms with Gasteiger partial charge < -0.3 is 14.2 Å². The Morgan fingerprint density at radius 2 is 1.75 bits per heavy atom. The van der Waals surface area contributed by atoms with Gasteiger partial charge in [0.25, 0.3) is 0 Å². The van der Waals surface area contributed by atoms with Crippen molar-refractivity contribution in [1.82, 2.24) is 14.8 Å². The van der Waals surface area contributed by atoms with Gasteiger partial charge in [0.15, 0.2) is 17.3 Å². The second-order valence-corrected chi connectivity index (χ2v) is 8.78. The van der Waals surface area contributed by atoms with Crippen LogP contribution < -0.4 is 14.2 Å². The molecule has 4 aromatic rings. The van der Waals surface area contributed by atoms with E-state index in [1.165, 1.54) is 0 Å². The number of para-hydroxylation sites is 1. The molecule has 164 valence electrons. The van der Waals surface area contributed by atoms with Crippen molar-refractivity contribution in [2.45, 2.75) is 25.7 Å². The van der Waals surface area contributed by atoms with E-state index in [9.17, 15) is 4.79 Å². The minimum Gasteiger partial charge on any atom is -0.493 e. The molecule has 0 aliphatic heterocycles. The normalized spacial score (nSPS) is 15.6. The van der Waals surface area contributed by atoms with Gasteiger partial charge >= 0.3 is 0 Å². The highest BCUT2D eigenvalue weighted by Gasteiger charge is 2.33. The topological polar surface area (TPSA) is 75.5 Å². The first-order valence-electron chi connectivity index (χ1n) is 10.3. The lowest BCUT2D eigenvalue weighted by molar-refractivity contribution is 0.0963. The number of nitrogens with zero attached hydrogens (tertiary/aromatic N) is 3. The van der Waals surface area contributed by atoms with E-state index in [1.807, 2.05) is 48.0 Å². The van der Waals surface area contributed by atoms with Crippen LogP contribution in [-0.4, -0.2) is 41.9 Å². The molecule has 2 aromatic heterocycles. The number of thiazole rings is 1. The summed E-state index contributed by atoms with van der Waals surface area (Å²) in [7, 11) is 4.77. The van der Waals surface area contributed by atoms with Crippen molar-refractivity contribution < 1.29 is 19.0 Å². The molecule has 0 radical (unpaired) electrons. The van der Waals surface area contributed by atoms with Crippen LogP contribution in [0, 0.1) is 6.92 Å². The van der Waals surface area contributed by atoms with Crippen LogP contribution in [0.3, 0.4) is 0 Å². The molecule has 7 nitrogen and oxygen atoms in total. The van der Waals surface area contributed by atoms with Crippen LogP contribution >= 0.6 is 11.3 Å². The number of aryl methyl sites for hydroxylation is 1. The van der Waals surface area contributed by atoms with Crippen LogP contribution in [0.4, 0.5) is 0 Å². The second kappa shape index (κ2) is 7.94. The van der Waals surface area contributed by atoms with Gasteiger partial charge in [-0.25, -0.2) is 9.67 Å². The lowest BCUT2D eigenvalue weighted by atomic mass is 9.81. The fourth-order valence-electron chi connectivity index (χ4n) is 4.44. The quantitative estimate of drug-likeness (QED) is 0.439.